The Labute approximate surface area is 148 Å². The van der Waals surface area contributed by atoms with Crippen LogP contribution in [0.4, 0.5) is 0 Å². The molecule has 1 aliphatic heterocycles. The van der Waals surface area contributed by atoms with Gasteiger partial charge in [-0.05, 0) is 50.0 Å². The van der Waals surface area contributed by atoms with Crippen molar-refractivity contribution in [3.05, 3.63) is 60.8 Å². The minimum atomic E-state index is -3.52. The van der Waals surface area contributed by atoms with Crippen molar-refractivity contribution in [2.24, 2.45) is 5.92 Å². The van der Waals surface area contributed by atoms with Crippen LogP contribution in [0, 0.1) is 5.92 Å². The highest BCUT2D eigenvalue weighted by Gasteiger charge is 2.24. The molecule has 130 valence electrons. The number of aromatic nitrogens is 1. The van der Waals surface area contributed by atoms with E-state index in [-0.39, 0.29) is 0 Å². The number of nitrogens with zero attached hydrogens (tertiary/aromatic N) is 1. The van der Waals surface area contributed by atoms with Crippen LogP contribution in [-0.2, 0) is 16.4 Å². The third kappa shape index (κ3) is 3.10. The quantitative estimate of drug-likeness (QED) is 0.780. The van der Waals surface area contributed by atoms with Gasteiger partial charge in [0.15, 0.2) is 0 Å². The summed E-state index contributed by atoms with van der Waals surface area (Å²) in [6.45, 7) is 2.92. The van der Waals surface area contributed by atoms with Gasteiger partial charge in [0.25, 0.3) is 0 Å². The number of fused-ring (bicyclic) bond motifs is 1. The molecular formula is C20H22N2O2S. The summed E-state index contributed by atoms with van der Waals surface area (Å²) in [5.74, 6) is 0.539. The SMILES string of the molecule is O=S(=O)(c1ccccc1)c1cn(CC2CCCNC2)c2ccccc12. The Balaban J connectivity index is 1.80. The van der Waals surface area contributed by atoms with Gasteiger partial charge in [0, 0.05) is 23.6 Å². The van der Waals surface area contributed by atoms with E-state index in [0.717, 1.165) is 30.5 Å². The van der Waals surface area contributed by atoms with E-state index in [1.54, 1.807) is 24.3 Å². The molecule has 1 saturated heterocycles. The number of sulfone groups is 1. The number of hydrogen-bond acceptors (Lipinski definition) is 3. The first-order chi connectivity index (χ1) is 12.2. The van der Waals surface area contributed by atoms with Crippen LogP contribution in [0.3, 0.4) is 0 Å². The van der Waals surface area contributed by atoms with Gasteiger partial charge in [-0.25, -0.2) is 8.42 Å². The number of rotatable bonds is 4. The molecule has 0 amide bonds. The standard InChI is InChI=1S/C20H22N2O2S/c23-25(24,17-8-2-1-3-9-17)20-15-22(14-16-7-6-12-21-13-16)19-11-5-4-10-18(19)20/h1-5,8-11,15-16,21H,6-7,12-14H2. The molecule has 1 unspecified atom stereocenters. The summed E-state index contributed by atoms with van der Waals surface area (Å²) in [5.41, 5.74) is 0.988. The number of hydrogen-bond donors (Lipinski definition) is 1. The topological polar surface area (TPSA) is 51.1 Å². The molecule has 5 heteroatoms. The molecule has 1 aliphatic rings. The van der Waals surface area contributed by atoms with Crippen LogP contribution in [0.5, 0.6) is 0 Å². The lowest BCUT2D eigenvalue weighted by atomic mass is 10.00. The molecule has 1 N–H and O–H groups in total. The fourth-order valence-corrected chi connectivity index (χ4v) is 5.16. The normalized spacial score (nSPS) is 18.5. The second-order valence-corrected chi connectivity index (χ2v) is 8.61. The van der Waals surface area contributed by atoms with Crippen molar-refractivity contribution in [1.29, 1.82) is 0 Å². The summed E-state index contributed by atoms with van der Waals surface area (Å²) in [4.78, 5) is 0.746. The molecule has 3 aromatic rings. The summed E-state index contributed by atoms with van der Waals surface area (Å²) in [6, 6.07) is 16.5. The highest BCUT2D eigenvalue weighted by atomic mass is 32.2. The minimum absolute atomic E-state index is 0.345. The predicted molar refractivity (Wildman–Crippen MR) is 99.4 cm³/mol. The molecule has 4 rings (SSSR count). The van der Waals surface area contributed by atoms with Gasteiger partial charge in [-0.2, -0.15) is 0 Å². The van der Waals surface area contributed by atoms with Crippen LogP contribution in [0.2, 0.25) is 0 Å². The van der Waals surface area contributed by atoms with Gasteiger partial charge in [-0.1, -0.05) is 36.4 Å². The number of piperidine rings is 1. The Morgan fingerprint density at radius 1 is 1.04 bits per heavy atom. The molecule has 1 aromatic heterocycles. The largest absolute Gasteiger partial charge is 0.346 e. The first-order valence-corrected chi connectivity index (χ1v) is 10.2. The lowest BCUT2D eigenvalue weighted by Crippen LogP contribution is -2.32. The molecule has 0 radical (unpaired) electrons. The first-order valence-electron chi connectivity index (χ1n) is 8.75. The van der Waals surface area contributed by atoms with Gasteiger partial charge < -0.3 is 9.88 Å². The van der Waals surface area contributed by atoms with Crippen LogP contribution in [0.15, 0.2) is 70.6 Å². The fourth-order valence-electron chi connectivity index (χ4n) is 3.66. The molecular weight excluding hydrogens is 332 g/mol. The Kier molecular flexibility index (Phi) is 4.36. The summed E-state index contributed by atoms with van der Waals surface area (Å²) in [5, 5.41) is 4.24. The van der Waals surface area contributed by atoms with E-state index in [0.29, 0.717) is 15.7 Å². The van der Waals surface area contributed by atoms with Crippen LogP contribution in [0.25, 0.3) is 10.9 Å². The average Bonchev–Trinajstić information content (AvgIpc) is 3.03. The summed E-state index contributed by atoms with van der Waals surface area (Å²) < 4.78 is 28.4. The summed E-state index contributed by atoms with van der Waals surface area (Å²) >= 11 is 0. The van der Waals surface area contributed by atoms with Gasteiger partial charge in [0.1, 0.15) is 0 Å². The Morgan fingerprint density at radius 2 is 1.80 bits per heavy atom. The van der Waals surface area contributed by atoms with E-state index < -0.39 is 9.84 Å². The van der Waals surface area contributed by atoms with Gasteiger partial charge in [0.2, 0.25) is 9.84 Å². The Hall–Kier alpha value is -2.11. The zero-order valence-corrected chi connectivity index (χ0v) is 14.9. The van der Waals surface area contributed by atoms with E-state index in [2.05, 4.69) is 9.88 Å². The molecule has 0 aliphatic carbocycles. The van der Waals surface area contributed by atoms with Gasteiger partial charge in [-0.3, -0.25) is 0 Å². The maximum atomic E-state index is 13.1. The Bertz CT molecular complexity index is 971. The van der Waals surface area contributed by atoms with E-state index in [1.807, 2.05) is 36.5 Å². The van der Waals surface area contributed by atoms with E-state index in [1.165, 1.54) is 12.8 Å². The Morgan fingerprint density at radius 3 is 2.56 bits per heavy atom. The van der Waals surface area contributed by atoms with Gasteiger partial charge in [-0.15, -0.1) is 0 Å². The first kappa shape index (κ1) is 16.4. The highest BCUT2D eigenvalue weighted by molar-refractivity contribution is 7.91. The molecule has 0 saturated carbocycles. The number of para-hydroxylation sites is 1. The van der Waals surface area contributed by atoms with E-state index in [9.17, 15) is 8.42 Å². The number of nitrogens with one attached hydrogen (secondary N) is 1. The van der Waals surface area contributed by atoms with Crippen molar-refractivity contribution < 1.29 is 8.42 Å². The van der Waals surface area contributed by atoms with Crippen molar-refractivity contribution in [2.45, 2.75) is 29.2 Å². The maximum absolute atomic E-state index is 13.1. The zero-order chi connectivity index (χ0) is 17.3. The van der Waals surface area contributed by atoms with Crippen LogP contribution >= 0.6 is 0 Å². The molecule has 4 nitrogen and oxygen atoms in total. The van der Waals surface area contributed by atoms with Crippen molar-refractivity contribution >= 4 is 20.7 Å². The zero-order valence-electron chi connectivity index (χ0n) is 14.1. The molecule has 2 heterocycles. The monoisotopic (exact) mass is 354 g/mol. The minimum Gasteiger partial charge on any atom is -0.346 e. The molecule has 25 heavy (non-hydrogen) atoms. The van der Waals surface area contributed by atoms with E-state index >= 15 is 0 Å². The van der Waals surface area contributed by atoms with E-state index in [4.69, 9.17) is 0 Å². The second-order valence-electron chi connectivity index (χ2n) is 6.69. The van der Waals surface area contributed by atoms with Crippen LogP contribution in [-0.4, -0.2) is 26.1 Å². The lowest BCUT2D eigenvalue weighted by Gasteiger charge is -2.23. The van der Waals surface area contributed by atoms with Gasteiger partial charge in [0.05, 0.1) is 9.79 Å². The van der Waals surface area contributed by atoms with Crippen LogP contribution in [0.1, 0.15) is 12.8 Å². The van der Waals surface area contributed by atoms with Crippen molar-refractivity contribution in [1.82, 2.24) is 9.88 Å². The fraction of sp³-hybridized carbons (Fsp3) is 0.300. The third-order valence-corrected chi connectivity index (χ3v) is 6.75. The van der Waals surface area contributed by atoms with Gasteiger partial charge >= 0.3 is 0 Å². The smallest absolute Gasteiger partial charge is 0.208 e. The predicted octanol–water partition coefficient (Wildman–Crippen LogP) is 3.47. The maximum Gasteiger partial charge on any atom is 0.208 e. The lowest BCUT2D eigenvalue weighted by molar-refractivity contribution is 0.340. The average molecular weight is 354 g/mol. The highest BCUT2D eigenvalue weighted by Crippen LogP contribution is 2.31. The molecule has 0 spiro atoms. The number of benzene rings is 2. The van der Waals surface area contributed by atoms with Crippen molar-refractivity contribution in [3.8, 4) is 0 Å². The summed E-state index contributed by atoms with van der Waals surface area (Å²) in [6.07, 6.45) is 4.18. The van der Waals surface area contributed by atoms with Crippen molar-refractivity contribution in [3.63, 3.8) is 0 Å². The molecule has 1 fully saturated rings. The van der Waals surface area contributed by atoms with Crippen LogP contribution < -0.4 is 5.32 Å². The molecule has 1 atom stereocenters. The molecule has 2 aromatic carbocycles. The molecule has 0 bridgehead atoms. The summed E-state index contributed by atoms with van der Waals surface area (Å²) in [7, 11) is -3.52. The second kappa shape index (κ2) is 6.65. The van der Waals surface area contributed by atoms with Crippen molar-refractivity contribution in [2.75, 3.05) is 13.1 Å². The third-order valence-electron chi connectivity index (χ3n) is 4.95.